The van der Waals surface area contributed by atoms with Crippen LogP contribution in [0.1, 0.15) is 25.6 Å². The van der Waals surface area contributed by atoms with Crippen LogP contribution in [0.5, 0.6) is 0 Å². The zero-order valence-electron chi connectivity index (χ0n) is 10.7. The number of carboxylic acids is 1. The minimum atomic E-state index is -0.766. The summed E-state index contributed by atoms with van der Waals surface area (Å²) in [5.74, 6) is 0.798. The number of rotatable bonds is 3. The first kappa shape index (κ1) is 12.3. The van der Waals surface area contributed by atoms with Gasteiger partial charge in [-0.3, -0.25) is 0 Å². The number of aromatic nitrogens is 2. The van der Waals surface area contributed by atoms with Gasteiger partial charge in [0.1, 0.15) is 22.5 Å². The van der Waals surface area contributed by atoms with Crippen molar-refractivity contribution in [3.05, 3.63) is 17.3 Å². The Kier molecular flexibility index (Phi) is 3.10. The molecule has 1 aliphatic heterocycles. The summed E-state index contributed by atoms with van der Waals surface area (Å²) in [5, 5.41) is 12.3. The molecule has 3 rings (SSSR count). The molecular formula is C13H15N3O2S. The van der Waals surface area contributed by atoms with Crippen molar-refractivity contribution in [3.63, 3.8) is 0 Å². The molecule has 2 aromatic rings. The summed E-state index contributed by atoms with van der Waals surface area (Å²) in [6.07, 6.45) is 2.34. The average molecular weight is 277 g/mol. The van der Waals surface area contributed by atoms with Crippen LogP contribution in [0.2, 0.25) is 0 Å². The molecule has 0 radical (unpaired) electrons. The standard InChI is InChI=1S/C13H15N3O2S/c1-2-10-14-11(8-5-7-19-12(8)15-10)16-6-3-4-9(16)13(17)18/h5,7,9H,2-4,6H2,1H3,(H,17,18)/t9-/m1/s1. The minimum absolute atomic E-state index is 0.456. The molecular weight excluding hydrogens is 262 g/mol. The lowest BCUT2D eigenvalue weighted by Gasteiger charge is -2.23. The fourth-order valence-corrected chi connectivity index (χ4v) is 3.31. The molecule has 100 valence electrons. The van der Waals surface area contributed by atoms with Crippen LogP contribution in [0.15, 0.2) is 11.4 Å². The molecule has 1 saturated heterocycles. The van der Waals surface area contributed by atoms with E-state index in [9.17, 15) is 9.90 Å². The van der Waals surface area contributed by atoms with Crippen LogP contribution in [0, 0.1) is 0 Å². The quantitative estimate of drug-likeness (QED) is 0.932. The van der Waals surface area contributed by atoms with Crippen LogP contribution in [-0.2, 0) is 11.2 Å². The molecule has 0 saturated carbocycles. The first-order chi connectivity index (χ1) is 9.20. The predicted molar refractivity (Wildman–Crippen MR) is 74.8 cm³/mol. The molecule has 0 aromatic carbocycles. The highest BCUT2D eigenvalue weighted by molar-refractivity contribution is 7.16. The third kappa shape index (κ3) is 2.06. The minimum Gasteiger partial charge on any atom is -0.480 e. The van der Waals surface area contributed by atoms with E-state index in [1.807, 2.05) is 23.3 Å². The summed E-state index contributed by atoms with van der Waals surface area (Å²) in [6, 6.07) is 1.52. The van der Waals surface area contributed by atoms with Crippen LogP contribution in [0.4, 0.5) is 5.82 Å². The fourth-order valence-electron chi connectivity index (χ4n) is 2.54. The number of thiophene rings is 1. The van der Waals surface area contributed by atoms with Crippen molar-refractivity contribution in [3.8, 4) is 0 Å². The second kappa shape index (κ2) is 4.77. The van der Waals surface area contributed by atoms with E-state index in [0.29, 0.717) is 6.42 Å². The van der Waals surface area contributed by atoms with Gasteiger partial charge in [0.15, 0.2) is 0 Å². The smallest absolute Gasteiger partial charge is 0.326 e. The van der Waals surface area contributed by atoms with Gasteiger partial charge in [0.25, 0.3) is 0 Å². The molecule has 0 amide bonds. The van der Waals surface area contributed by atoms with E-state index in [4.69, 9.17) is 0 Å². The van der Waals surface area contributed by atoms with Crippen molar-refractivity contribution in [2.75, 3.05) is 11.4 Å². The largest absolute Gasteiger partial charge is 0.480 e. The Morgan fingerprint density at radius 3 is 3.16 bits per heavy atom. The predicted octanol–water partition coefficient (Wildman–Crippen LogP) is 2.31. The van der Waals surface area contributed by atoms with Crippen LogP contribution in [0.3, 0.4) is 0 Å². The number of aryl methyl sites for hydroxylation is 1. The Hall–Kier alpha value is -1.69. The van der Waals surface area contributed by atoms with Gasteiger partial charge in [-0.1, -0.05) is 6.92 Å². The van der Waals surface area contributed by atoms with Crippen LogP contribution >= 0.6 is 11.3 Å². The molecule has 19 heavy (non-hydrogen) atoms. The van der Waals surface area contributed by atoms with E-state index in [0.717, 1.165) is 41.2 Å². The summed E-state index contributed by atoms with van der Waals surface area (Å²) in [6.45, 7) is 2.76. The molecule has 1 atom stereocenters. The number of hydrogen-bond donors (Lipinski definition) is 1. The summed E-state index contributed by atoms with van der Waals surface area (Å²) >= 11 is 1.57. The molecule has 0 bridgehead atoms. The van der Waals surface area contributed by atoms with Crippen molar-refractivity contribution in [2.45, 2.75) is 32.2 Å². The first-order valence-electron chi connectivity index (χ1n) is 6.44. The van der Waals surface area contributed by atoms with Gasteiger partial charge in [0, 0.05) is 13.0 Å². The van der Waals surface area contributed by atoms with E-state index in [1.165, 1.54) is 0 Å². The van der Waals surface area contributed by atoms with E-state index in [1.54, 1.807) is 11.3 Å². The van der Waals surface area contributed by atoms with Gasteiger partial charge in [-0.15, -0.1) is 11.3 Å². The van der Waals surface area contributed by atoms with Crippen LogP contribution in [-0.4, -0.2) is 33.6 Å². The highest BCUT2D eigenvalue weighted by atomic mass is 32.1. The number of carbonyl (C=O) groups is 1. The molecule has 0 aliphatic carbocycles. The van der Waals surface area contributed by atoms with Crippen molar-refractivity contribution in [1.82, 2.24) is 9.97 Å². The molecule has 1 fully saturated rings. The van der Waals surface area contributed by atoms with Gasteiger partial charge >= 0.3 is 5.97 Å². The Balaban J connectivity index is 2.12. The van der Waals surface area contributed by atoms with E-state index >= 15 is 0 Å². The molecule has 0 unspecified atom stereocenters. The molecule has 2 aromatic heterocycles. The molecule has 1 aliphatic rings. The number of aliphatic carboxylic acids is 1. The van der Waals surface area contributed by atoms with E-state index < -0.39 is 12.0 Å². The highest BCUT2D eigenvalue weighted by Gasteiger charge is 2.32. The van der Waals surface area contributed by atoms with Gasteiger partial charge in [0.05, 0.1) is 5.39 Å². The Labute approximate surface area is 114 Å². The number of nitrogens with zero attached hydrogens (tertiary/aromatic N) is 3. The summed E-state index contributed by atoms with van der Waals surface area (Å²) in [5.41, 5.74) is 0. The Bertz CT molecular complexity index is 625. The van der Waals surface area contributed by atoms with Gasteiger partial charge < -0.3 is 10.0 Å². The lowest BCUT2D eigenvalue weighted by atomic mass is 10.2. The lowest BCUT2D eigenvalue weighted by molar-refractivity contribution is -0.138. The monoisotopic (exact) mass is 277 g/mol. The Morgan fingerprint density at radius 2 is 2.42 bits per heavy atom. The van der Waals surface area contributed by atoms with Crippen LogP contribution < -0.4 is 4.90 Å². The summed E-state index contributed by atoms with van der Waals surface area (Å²) < 4.78 is 0. The van der Waals surface area contributed by atoms with Crippen LogP contribution in [0.25, 0.3) is 10.2 Å². The SMILES string of the molecule is CCc1nc(N2CCC[C@@H]2C(=O)O)c2ccsc2n1. The van der Waals surface area contributed by atoms with E-state index in [-0.39, 0.29) is 0 Å². The second-order valence-corrected chi connectivity index (χ2v) is 5.54. The molecule has 3 heterocycles. The zero-order chi connectivity index (χ0) is 13.4. The highest BCUT2D eigenvalue weighted by Crippen LogP contribution is 2.32. The normalized spacial score (nSPS) is 19.2. The average Bonchev–Trinajstić information content (AvgIpc) is 3.05. The van der Waals surface area contributed by atoms with Gasteiger partial charge in [0.2, 0.25) is 0 Å². The summed E-state index contributed by atoms with van der Waals surface area (Å²) in [4.78, 5) is 23.2. The van der Waals surface area contributed by atoms with Gasteiger partial charge in [-0.05, 0) is 24.3 Å². The van der Waals surface area contributed by atoms with Crippen molar-refractivity contribution >= 4 is 33.3 Å². The number of carboxylic acid groups (broad SMARTS) is 1. The molecule has 0 spiro atoms. The maximum atomic E-state index is 11.3. The molecule has 6 heteroatoms. The van der Waals surface area contributed by atoms with Crippen molar-refractivity contribution < 1.29 is 9.90 Å². The number of fused-ring (bicyclic) bond motifs is 1. The molecule has 5 nitrogen and oxygen atoms in total. The second-order valence-electron chi connectivity index (χ2n) is 4.65. The first-order valence-corrected chi connectivity index (χ1v) is 7.32. The van der Waals surface area contributed by atoms with Crippen molar-refractivity contribution in [2.24, 2.45) is 0 Å². The topological polar surface area (TPSA) is 66.3 Å². The third-order valence-electron chi connectivity index (χ3n) is 3.48. The number of anilines is 1. The third-order valence-corrected chi connectivity index (χ3v) is 4.28. The maximum absolute atomic E-state index is 11.3. The van der Waals surface area contributed by atoms with E-state index in [2.05, 4.69) is 9.97 Å². The van der Waals surface area contributed by atoms with Crippen molar-refractivity contribution in [1.29, 1.82) is 0 Å². The van der Waals surface area contributed by atoms with Gasteiger partial charge in [-0.2, -0.15) is 0 Å². The Morgan fingerprint density at radius 1 is 1.58 bits per heavy atom. The maximum Gasteiger partial charge on any atom is 0.326 e. The summed E-state index contributed by atoms with van der Waals surface area (Å²) in [7, 11) is 0. The molecule has 1 N–H and O–H groups in total. The lowest BCUT2D eigenvalue weighted by Crippen LogP contribution is -2.36. The number of hydrogen-bond acceptors (Lipinski definition) is 5. The zero-order valence-corrected chi connectivity index (χ0v) is 11.5. The van der Waals surface area contributed by atoms with Gasteiger partial charge in [-0.25, -0.2) is 14.8 Å². The fraction of sp³-hybridized carbons (Fsp3) is 0.462.